The molecule has 0 aromatic heterocycles. The molecule has 2 atom stereocenters. The smallest absolute Gasteiger partial charge is 0.0696 e. The Bertz CT molecular complexity index is 77.0. The third kappa shape index (κ3) is 1.95. The fourth-order valence-corrected chi connectivity index (χ4v) is 1.17. The van der Waals surface area contributed by atoms with Crippen LogP contribution in [0.15, 0.2) is 0 Å². The second-order valence-corrected chi connectivity index (χ2v) is 2.74. The second kappa shape index (κ2) is 3.18. The van der Waals surface area contributed by atoms with Gasteiger partial charge in [-0.2, -0.15) is 0 Å². The van der Waals surface area contributed by atoms with Crippen LogP contribution in [0.5, 0.6) is 0 Å². The van der Waals surface area contributed by atoms with E-state index in [0.717, 1.165) is 6.54 Å². The van der Waals surface area contributed by atoms with Gasteiger partial charge in [0.2, 0.25) is 0 Å². The Labute approximate surface area is 56.6 Å². The predicted molar refractivity (Wildman–Crippen MR) is 37.5 cm³/mol. The maximum atomic E-state index is 5.18. The van der Waals surface area contributed by atoms with Crippen LogP contribution in [0.4, 0.5) is 0 Å². The summed E-state index contributed by atoms with van der Waals surface area (Å²) < 4.78 is 5.18. The summed E-state index contributed by atoms with van der Waals surface area (Å²) in [5.74, 6) is 0. The van der Waals surface area contributed by atoms with Crippen LogP contribution in [0.25, 0.3) is 0 Å². The predicted octanol–water partition coefficient (Wildman–Crippen LogP) is 0.773. The van der Waals surface area contributed by atoms with Crippen molar-refractivity contribution in [2.75, 3.05) is 13.7 Å². The minimum absolute atomic E-state index is 0.459. The minimum atomic E-state index is 0.459. The van der Waals surface area contributed by atoms with Crippen LogP contribution in [-0.4, -0.2) is 25.8 Å². The number of piperidine rings is 1. The Hall–Kier alpha value is -0.0800. The second-order valence-electron chi connectivity index (χ2n) is 2.74. The molecule has 0 radical (unpaired) electrons. The molecule has 0 saturated carbocycles. The van der Waals surface area contributed by atoms with Crippen molar-refractivity contribution in [3.05, 3.63) is 0 Å². The quantitative estimate of drug-likeness (QED) is 0.564. The van der Waals surface area contributed by atoms with Crippen LogP contribution in [0.1, 0.15) is 19.8 Å². The van der Waals surface area contributed by atoms with Crippen molar-refractivity contribution in [1.29, 1.82) is 0 Å². The summed E-state index contributed by atoms with van der Waals surface area (Å²) >= 11 is 0. The van der Waals surface area contributed by atoms with Crippen LogP contribution in [-0.2, 0) is 4.74 Å². The summed E-state index contributed by atoms with van der Waals surface area (Å²) in [6.07, 6.45) is 2.92. The molecule has 1 fully saturated rings. The van der Waals surface area contributed by atoms with Crippen molar-refractivity contribution in [1.82, 2.24) is 5.32 Å². The Morgan fingerprint density at radius 1 is 1.44 bits per heavy atom. The first-order chi connectivity index (χ1) is 4.33. The maximum absolute atomic E-state index is 5.18. The molecule has 0 unspecified atom stereocenters. The first-order valence-electron chi connectivity index (χ1n) is 3.59. The molecule has 0 bridgehead atoms. The Morgan fingerprint density at radius 3 is 2.67 bits per heavy atom. The fourth-order valence-electron chi connectivity index (χ4n) is 1.17. The maximum Gasteiger partial charge on any atom is 0.0696 e. The van der Waals surface area contributed by atoms with Crippen molar-refractivity contribution in [3.63, 3.8) is 0 Å². The lowest BCUT2D eigenvalue weighted by Gasteiger charge is -2.26. The number of ether oxygens (including phenoxy) is 1. The third-order valence-corrected chi connectivity index (χ3v) is 1.95. The fraction of sp³-hybridized carbons (Fsp3) is 1.00. The van der Waals surface area contributed by atoms with Crippen LogP contribution in [0.3, 0.4) is 0 Å². The van der Waals surface area contributed by atoms with Crippen LogP contribution < -0.4 is 5.32 Å². The molecule has 0 aromatic rings. The first-order valence-corrected chi connectivity index (χ1v) is 3.59. The summed E-state index contributed by atoms with van der Waals surface area (Å²) in [6.45, 7) is 3.24. The summed E-state index contributed by atoms with van der Waals surface area (Å²) in [4.78, 5) is 0. The summed E-state index contributed by atoms with van der Waals surface area (Å²) in [6, 6.07) is 0.691. The highest BCUT2D eigenvalue weighted by Gasteiger charge is 2.15. The van der Waals surface area contributed by atoms with Gasteiger partial charge in [0, 0.05) is 19.7 Å². The lowest BCUT2D eigenvalue weighted by Crippen LogP contribution is -2.40. The van der Waals surface area contributed by atoms with Crippen molar-refractivity contribution in [3.8, 4) is 0 Å². The van der Waals surface area contributed by atoms with E-state index in [4.69, 9.17) is 4.74 Å². The van der Waals surface area contributed by atoms with Crippen molar-refractivity contribution >= 4 is 0 Å². The summed E-state index contributed by atoms with van der Waals surface area (Å²) in [7, 11) is 1.78. The van der Waals surface area contributed by atoms with Gasteiger partial charge in [0.1, 0.15) is 0 Å². The zero-order valence-corrected chi connectivity index (χ0v) is 6.18. The monoisotopic (exact) mass is 129 g/mol. The molecule has 54 valence electrons. The van der Waals surface area contributed by atoms with Crippen LogP contribution in [0.2, 0.25) is 0 Å². The van der Waals surface area contributed by atoms with Crippen molar-refractivity contribution in [2.24, 2.45) is 0 Å². The Balaban J connectivity index is 2.18. The Kier molecular flexibility index (Phi) is 2.49. The highest BCUT2D eigenvalue weighted by atomic mass is 16.5. The standard InChI is InChI=1S/C7H15NO/c1-6-3-4-7(9-2)5-8-6/h6-8H,3-5H2,1-2H3/t6-,7-/m0/s1. The normalized spacial score (nSPS) is 36.7. The van der Waals surface area contributed by atoms with Crippen LogP contribution in [0, 0.1) is 0 Å². The van der Waals surface area contributed by atoms with Crippen molar-refractivity contribution in [2.45, 2.75) is 31.9 Å². The van der Waals surface area contributed by atoms with Gasteiger partial charge in [-0.25, -0.2) is 0 Å². The molecule has 1 heterocycles. The SMILES string of the molecule is CO[C@H]1CC[C@H](C)NC1. The molecule has 0 amide bonds. The first kappa shape index (κ1) is 7.03. The molecule has 0 spiro atoms. The van der Waals surface area contributed by atoms with Gasteiger partial charge in [0.15, 0.2) is 0 Å². The van der Waals surface area contributed by atoms with Crippen molar-refractivity contribution < 1.29 is 4.74 Å². The summed E-state index contributed by atoms with van der Waals surface area (Å²) in [5.41, 5.74) is 0. The molecular weight excluding hydrogens is 114 g/mol. The molecule has 1 N–H and O–H groups in total. The van der Waals surface area contributed by atoms with Gasteiger partial charge in [0.05, 0.1) is 6.10 Å². The molecule has 2 nitrogen and oxygen atoms in total. The van der Waals surface area contributed by atoms with E-state index in [1.54, 1.807) is 7.11 Å². The van der Waals surface area contributed by atoms with Gasteiger partial charge in [-0.1, -0.05) is 0 Å². The number of nitrogens with one attached hydrogen (secondary N) is 1. The van der Waals surface area contributed by atoms with Crippen LogP contribution >= 0.6 is 0 Å². The lowest BCUT2D eigenvalue weighted by molar-refractivity contribution is 0.0724. The molecule has 2 heteroatoms. The van der Waals surface area contributed by atoms with E-state index in [0.29, 0.717) is 12.1 Å². The molecule has 1 aliphatic rings. The average molecular weight is 129 g/mol. The van der Waals surface area contributed by atoms with Gasteiger partial charge in [0.25, 0.3) is 0 Å². The van der Waals surface area contributed by atoms with E-state index in [1.165, 1.54) is 12.8 Å². The van der Waals surface area contributed by atoms with Gasteiger partial charge in [-0.15, -0.1) is 0 Å². The van der Waals surface area contributed by atoms with E-state index >= 15 is 0 Å². The minimum Gasteiger partial charge on any atom is -0.380 e. The molecular formula is C7H15NO. The number of rotatable bonds is 1. The average Bonchev–Trinajstić information content (AvgIpc) is 1.90. The zero-order valence-electron chi connectivity index (χ0n) is 6.18. The van der Waals surface area contributed by atoms with E-state index in [2.05, 4.69) is 12.2 Å². The van der Waals surface area contributed by atoms with E-state index < -0.39 is 0 Å². The van der Waals surface area contributed by atoms with E-state index in [9.17, 15) is 0 Å². The number of hydrogen-bond acceptors (Lipinski definition) is 2. The zero-order chi connectivity index (χ0) is 6.69. The van der Waals surface area contributed by atoms with Gasteiger partial charge in [-0.05, 0) is 19.8 Å². The van der Waals surface area contributed by atoms with Gasteiger partial charge < -0.3 is 10.1 Å². The third-order valence-electron chi connectivity index (χ3n) is 1.95. The molecule has 1 aliphatic heterocycles. The topological polar surface area (TPSA) is 21.3 Å². The van der Waals surface area contributed by atoms with Gasteiger partial charge in [-0.3, -0.25) is 0 Å². The molecule has 1 saturated heterocycles. The number of methoxy groups -OCH3 is 1. The van der Waals surface area contributed by atoms with E-state index in [-0.39, 0.29) is 0 Å². The highest BCUT2D eigenvalue weighted by Crippen LogP contribution is 2.08. The van der Waals surface area contributed by atoms with E-state index in [1.807, 2.05) is 0 Å². The number of hydrogen-bond donors (Lipinski definition) is 1. The Morgan fingerprint density at radius 2 is 2.22 bits per heavy atom. The highest BCUT2D eigenvalue weighted by molar-refractivity contribution is 4.74. The van der Waals surface area contributed by atoms with Gasteiger partial charge >= 0.3 is 0 Å². The summed E-state index contributed by atoms with van der Waals surface area (Å²) in [5, 5.41) is 3.36. The molecule has 9 heavy (non-hydrogen) atoms. The lowest BCUT2D eigenvalue weighted by atomic mass is 10.0. The molecule has 0 aliphatic carbocycles. The molecule has 1 rings (SSSR count). The molecule has 0 aromatic carbocycles. The largest absolute Gasteiger partial charge is 0.380 e.